The summed E-state index contributed by atoms with van der Waals surface area (Å²) in [7, 11) is 1.61. The summed E-state index contributed by atoms with van der Waals surface area (Å²) in [5.41, 5.74) is 0. The van der Waals surface area contributed by atoms with E-state index in [1.165, 1.54) is 24.3 Å². The molecule has 1 saturated heterocycles. The first-order valence-corrected chi connectivity index (χ1v) is 7.33. The molecule has 5 nitrogen and oxygen atoms in total. The fraction of sp³-hybridized carbons (Fsp3) is 0.533. The van der Waals surface area contributed by atoms with Crippen LogP contribution in [0.4, 0.5) is 13.2 Å². The van der Waals surface area contributed by atoms with Crippen molar-refractivity contribution >= 4 is 5.91 Å². The largest absolute Gasteiger partial charge is 0.573 e. The molecule has 0 saturated carbocycles. The van der Waals surface area contributed by atoms with Crippen molar-refractivity contribution in [3.63, 3.8) is 0 Å². The molecule has 1 amide bonds. The molecule has 8 heteroatoms. The average Bonchev–Trinajstić information content (AvgIpc) is 2.95. The fourth-order valence-electron chi connectivity index (χ4n) is 2.58. The van der Waals surface area contributed by atoms with Crippen molar-refractivity contribution in [3.05, 3.63) is 24.3 Å². The van der Waals surface area contributed by atoms with Crippen LogP contribution in [0.5, 0.6) is 11.5 Å². The highest BCUT2D eigenvalue weighted by atomic mass is 19.4. The van der Waals surface area contributed by atoms with E-state index < -0.39 is 6.36 Å². The van der Waals surface area contributed by atoms with Gasteiger partial charge in [-0.15, -0.1) is 13.2 Å². The first kappa shape index (κ1) is 17.4. The van der Waals surface area contributed by atoms with E-state index in [4.69, 9.17) is 4.74 Å². The molecule has 1 N–H and O–H groups in total. The van der Waals surface area contributed by atoms with Crippen molar-refractivity contribution in [2.45, 2.75) is 25.2 Å². The van der Waals surface area contributed by atoms with Gasteiger partial charge in [0.1, 0.15) is 18.1 Å². The number of nitrogens with one attached hydrogen (secondary N) is 1. The Morgan fingerprint density at radius 2 is 1.96 bits per heavy atom. The predicted octanol–water partition coefficient (Wildman–Crippen LogP) is 2.17. The van der Waals surface area contributed by atoms with Gasteiger partial charge in [0.25, 0.3) is 0 Å². The molecule has 0 bridgehead atoms. The molecule has 1 aromatic rings. The number of carbonyl (C=O) groups is 1. The molecule has 1 aliphatic heterocycles. The molecule has 23 heavy (non-hydrogen) atoms. The minimum Gasteiger partial charge on any atom is -0.492 e. The van der Waals surface area contributed by atoms with Gasteiger partial charge in [0.15, 0.2) is 0 Å². The average molecular weight is 332 g/mol. The third kappa shape index (κ3) is 5.31. The van der Waals surface area contributed by atoms with Crippen LogP contribution in [0.25, 0.3) is 0 Å². The number of ether oxygens (including phenoxy) is 2. The van der Waals surface area contributed by atoms with Gasteiger partial charge in [-0.1, -0.05) is 0 Å². The first-order valence-electron chi connectivity index (χ1n) is 7.33. The van der Waals surface area contributed by atoms with Crippen molar-refractivity contribution in [3.8, 4) is 11.5 Å². The van der Waals surface area contributed by atoms with E-state index in [9.17, 15) is 18.0 Å². The third-order valence-corrected chi connectivity index (χ3v) is 3.62. The molecule has 1 aromatic carbocycles. The monoisotopic (exact) mass is 332 g/mol. The van der Waals surface area contributed by atoms with E-state index in [1.54, 1.807) is 7.05 Å². The Bertz CT molecular complexity index is 520. The number of alkyl halides is 3. The molecular formula is C15H19F3N2O3. The molecule has 1 fully saturated rings. The lowest BCUT2D eigenvalue weighted by atomic mass is 10.2. The molecule has 1 heterocycles. The number of nitrogens with zero attached hydrogens (tertiary/aromatic N) is 1. The molecule has 0 aliphatic carbocycles. The third-order valence-electron chi connectivity index (χ3n) is 3.62. The lowest BCUT2D eigenvalue weighted by Gasteiger charge is -2.22. The van der Waals surface area contributed by atoms with Crippen LogP contribution in [0.15, 0.2) is 24.3 Å². The van der Waals surface area contributed by atoms with Gasteiger partial charge < -0.3 is 14.8 Å². The van der Waals surface area contributed by atoms with E-state index >= 15 is 0 Å². The Morgan fingerprint density at radius 3 is 2.57 bits per heavy atom. The summed E-state index contributed by atoms with van der Waals surface area (Å²) in [5.74, 6) is 0.162. The Balaban J connectivity index is 1.79. The zero-order valence-corrected chi connectivity index (χ0v) is 12.7. The van der Waals surface area contributed by atoms with Crippen LogP contribution in [-0.2, 0) is 4.79 Å². The van der Waals surface area contributed by atoms with Crippen LogP contribution < -0.4 is 14.8 Å². The number of rotatable bonds is 6. The van der Waals surface area contributed by atoms with Crippen LogP contribution in [0, 0.1) is 0 Å². The Hall–Kier alpha value is -1.96. The van der Waals surface area contributed by atoms with Gasteiger partial charge in [-0.05, 0) is 43.7 Å². The molecular weight excluding hydrogens is 313 g/mol. The number of likely N-dealkylation sites (tertiary alicyclic amines) is 1. The highest BCUT2D eigenvalue weighted by molar-refractivity contribution is 5.81. The van der Waals surface area contributed by atoms with Gasteiger partial charge in [0, 0.05) is 13.6 Å². The van der Waals surface area contributed by atoms with E-state index in [1.807, 2.05) is 4.90 Å². The minimum atomic E-state index is -4.70. The van der Waals surface area contributed by atoms with E-state index in [2.05, 4.69) is 10.1 Å². The number of carbonyl (C=O) groups excluding carboxylic acids is 1. The predicted molar refractivity (Wildman–Crippen MR) is 77.3 cm³/mol. The highest BCUT2D eigenvalue weighted by Gasteiger charge is 2.31. The van der Waals surface area contributed by atoms with Crippen molar-refractivity contribution in [1.82, 2.24) is 10.2 Å². The maximum absolute atomic E-state index is 12.1. The van der Waals surface area contributed by atoms with Gasteiger partial charge in [-0.3, -0.25) is 9.69 Å². The Labute approximate surface area is 132 Å². The SMILES string of the molecule is CNC(=O)C1CCCN1CCOc1ccc(OC(F)(F)F)cc1. The second kappa shape index (κ2) is 7.54. The lowest BCUT2D eigenvalue weighted by Crippen LogP contribution is -2.43. The summed E-state index contributed by atoms with van der Waals surface area (Å²) in [6.45, 7) is 1.77. The Kier molecular flexibility index (Phi) is 5.70. The topological polar surface area (TPSA) is 50.8 Å². The molecule has 1 atom stereocenters. The summed E-state index contributed by atoms with van der Waals surface area (Å²) in [6, 6.07) is 5.10. The second-order valence-electron chi connectivity index (χ2n) is 5.18. The molecule has 1 unspecified atom stereocenters. The summed E-state index contributed by atoms with van der Waals surface area (Å²) >= 11 is 0. The number of hydrogen-bond donors (Lipinski definition) is 1. The molecule has 1 aliphatic rings. The number of amides is 1. The van der Waals surface area contributed by atoms with Crippen LogP contribution in [-0.4, -0.2) is 50.0 Å². The van der Waals surface area contributed by atoms with Crippen molar-refractivity contribution in [2.75, 3.05) is 26.7 Å². The summed E-state index contributed by atoms with van der Waals surface area (Å²) in [6.07, 6.45) is -2.92. The highest BCUT2D eigenvalue weighted by Crippen LogP contribution is 2.24. The molecule has 128 valence electrons. The molecule has 0 aromatic heterocycles. The van der Waals surface area contributed by atoms with Gasteiger partial charge in [0.05, 0.1) is 6.04 Å². The number of hydrogen-bond acceptors (Lipinski definition) is 4. The van der Waals surface area contributed by atoms with Gasteiger partial charge >= 0.3 is 6.36 Å². The smallest absolute Gasteiger partial charge is 0.492 e. The van der Waals surface area contributed by atoms with E-state index in [-0.39, 0.29) is 17.7 Å². The maximum Gasteiger partial charge on any atom is 0.573 e. The molecule has 0 spiro atoms. The van der Waals surface area contributed by atoms with Crippen LogP contribution in [0.2, 0.25) is 0 Å². The van der Waals surface area contributed by atoms with Crippen LogP contribution in [0.1, 0.15) is 12.8 Å². The summed E-state index contributed by atoms with van der Waals surface area (Å²) < 4.78 is 45.5. The standard InChI is InChI=1S/C15H19F3N2O3/c1-19-14(21)13-3-2-8-20(13)9-10-22-11-4-6-12(7-5-11)23-15(16,17)18/h4-7,13H,2-3,8-10H2,1H3,(H,19,21). The van der Waals surface area contributed by atoms with Gasteiger partial charge in [-0.25, -0.2) is 0 Å². The number of benzene rings is 1. The van der Waals surface area contributed by atoms with Crippen LogP contribution >= 0.6 is 0 Å². The molecule has 0 radical (unpaired) electrons. The quantitative estimate of drug-likeness (QED) is 0.867. The summed E-state index contributed by atoms with van der Waals surface area (Å²) in [4.78, 5) is 13.8. The number of likely N-dealkylation sites (N-methyl/N-ethyl adjacent to an activating group) is 1. The first-order chi connectivity index (χ1) is 10.9. The maximum atomic E-state index is 12.1. The number of halogens is 3. The van der Waals surface area contributed by atoms with Crippen molar-refractivity contribution in [2.24, 2.45) is 0 Å². The molecule has 2 rings (SSSR count). The normalized spacial score (nSPS) is 18.7. The fourth-order valence-corrected chi connectivity index (χ4v) is 2.58. The zero-order chi connectivity index (χ0) is 16.9. The lowest BCUT2D eigenvalue weighted by molar-refractivity contribution is -0.274. The minimum absolute atomic E-state index is 0.00356. The van der Waals surface area contributed by atoms with Crippen LogP contribution in [0.3, 0.4) is 0 Å². The van der Waals surface area contributed by atoms with Gasteiger partial charge in [-0.2, -0.15) is 0 Å². The van der Waals surface area contributed by atoms with Crippen molar-refractivity contribution in [1.29, 1.82) is 0 Å². The van der Waals surface area contributed by atoms with E-state index in [0.717, 1.165) is 19.4 Å². The zero-order valence-electron chi connectivity index (χ0n) is 12.7. The summed E-state index contributed by atoms with van der Waals surface area (Å²) in [5, 5.41) is 2.64. The van der Waals surface area contributed by atoms with E-state index in [0.29, 0.717) is 18.9 Å². The Morgan fingerprint density at radius 1 is 1.30 bits per heavy atom. The van der Waals surface area contributed by atoms with Crippen molar-refractivity contribution < 1.29 is 27.4 Å². The van der Waals surface area contributed by atoms with Gasteiger partial charge in [0.2, 0.25) is 5.91 Å². The second-order valence-corrected chi connectivity index (χ2v) is 5.18.